The topological polar surface area (TPSA) is 38.9 Å². The number of nitrogens with zero attached hydrogens (tertiary/aromatic N) is 1. The third kappa shape index (κ3) is 2.79. The Morgan fingerprint density at radius 3 is 2.72 bits per heavy atom. The largest absolute Gasteiger partial charge is 0.320 e. The Morgan fingerprint density at radius 2 is 2.11 bits per heavy atom. The van der Waals surface area contributed by atoms with E-state index in [1.165, 1.54) is 16.0 Å². The normalized spacial score (nSPS) is 12.7. The SMILES string of the molecule is CCCc1cccc(C(N)c2sc(C)nc2C)c1. The molecule has 0 aliphatic carbocycles. The van der Waals surface area contributed by atoms with Gasteiger partial charge in [0.25, 0.3) is 0 Å². The van der Waals surface area contributed by atoms with Crippen LogP contribution < -0.4 is 5.73 Å². The van der Waals surface area contributed by atoms with Crippen LogP contribution in [0.25, 0.3) is 0 Å². The van der Waals surface area contributed by atoms with E-state index >= 15 is 0 Å². The molecule has 0 fully saturated rings. The molecule has 1 heterocycles. The van der Waals surface area contributed by atoms with Crippen molar-refractivity contribution in [2.24, 2.45) is 5.73 Å². The Hall–Kier alpha value is -1.19. The third-order valence-corrected chi connectivity index (χ3v) is 4.23. The Kier molecular flexibility index (Phi) is 4.15. The molecule has 1 aromatic carbocycles. The van der Waals surface area contributed by atoms with Gasteiger partial charge < -0.3 is 5.73 Å². The summed E-state index contributed by atoms with van der Waals surface area (Å²) in [6.07, 6.45) is 2.28. The molecule has 0 amide bonds. The highest BCUT2D eigenvalue weighted by Crippen LogP contribution is 2.28. The quantitative estimate of drug-likeness (QED) is 0.909. The molecular weight excluding hydrogens is 240 g/mol. The fraction of sp³-hybridized carbons (Fsp3) is 0.400. The summed E-state index contributed by atoms with van der Waals surface area (Å²) >= 11 is 1.70. The van der Waals surface area contributed by atoms with E-state index in [9.17, 15) is 0 Å². The lowest BCUT2D eigenvalue weighted by molar-refractivity contribution is 0.863. The van der Waals surface area contributed by atoms with Gasteiger partial charge in [0.1, 0.15) is 0 Å². The first-order valence-electron chi connectivity index (χ1n) is 6.40. The van der Waals surface area contributed by atoms with Crippen molar-refractivity contribution in [3.05, 3.63) is 51.0 Å². The molecule has 2 N–H and O–H groups in total. The molecule has 0 aliphatic rings. The van der Waals surface area contributed by atoms with Gasteiger partial charge >= 0.3 is 0 Å². The van der Waals surface area contributed by atoms with Crippen LogP contribution in [0.2, 0.25) is 0 Å². The van der Waals surface area contributed by atoms with Gasteiger partial charge in [-0.05, 0) is 31.4 Å². The van der Waals surface area contributed by atoms with Crippen LogP contribution in [-0.2, 0) is 6.42 Å². The van der Waals surface area contributed by atoms with E-state index in [2.05, 4.69) is 36.2 Å². The molecule has 2 nitrogen and oxygen atoms in total. The van der Waals surface area contributed by atoms with E-state index in [1.807, 2.05) is 13.8 Å². The lowest BCUT2D eigenvalue weighted by Crippen LogP contribution is -2.11. The number of thiazole rings is 1. The molecule has 3 heteroatoms. The summed E-state index contributed by atoms with van der Waals surface area (Å²) in [6, 6.07) is 8.56. The number of rotatable bonds is 4. The summed E-state index contributed by atoms with van der Waals surface area (Å²) in [5, 5.41) is 1.09. The third-order valence-electron chi connectivity index (χ3n) is 3.07. The number of aryl methyl sites for hydroxylation is 3. The number of nitrogens with two attached hydrogens (primary N) is 1. The smallest absolute Gasteiger partial charge is 0.0900 e. The zero-order valence-electron chi connectivity index (χ0n) is 11.2. The molecule has 0 radical (unpaired) electrons. The van der Waals surface area contributed by atoms with E-state index in [0.29, 0.717) is 0 Å². The van der Waals surface area contributed by atoms with Crippen LogP contribution in [0, 0.1) is 13.8 Å². The van der Waals surface area contributed by atoms with Crippen molar-refractivity contribution in [3.8, 4) is 0 Å². The number of hydrogen-bond acceptors (Lipinski definition) is 3. The van der Waals surface area contributed by atoms with Gasteiger partial charge in [-0.1, -0.05) is 37.6 Å². The van der Waals surface area contributed by atoms with Crippen molar-refractivity contribution < 1.29 is 0 Å². The van der Waals surface area contributed by atoms with Crippen LogP contribution in [0.1, 0.15) is 46.1 Å². The summed E-state index contributed by atoms with van der Waals surface area (Å²) in [5.41, 5.74) is 9.98. The Bertz CT molecular complexity index is 531. The van der Waals surface area contributed by atoms with Crippen molar-refractivity contribution >= 4 is 11.3 Å². The maximum Gasteiger partial charge on any atom is 0.0900 e. The summed E-state index contributed by atoms with van der Waals surface area (Å²) in [5.74, 6) is 0. The fourth-order valence-corrected chi connectivity index (χ4v) is 3.17. The monoisotopic (exact) mass is 260 g/mol. The van der Waals surface area contributed by atoms with Gasteiger partial charge in [-0.15, -0.1) is 11.3 Å². The molecule has 0 bridgehead atoms. The van der Waals surface area contributed by atoms with Gasteiger partial charge in [-0.3, -0.25) is 0 Å². The van der Waals surface area contributed by atoms with Crippen molar-refractivity contribution in [1.29, 1.82) is 0 Å². The van der Waals surface area contributed by atoms with E-state index in [0.717, 1.165) is 23.5 Å². The number of hydrogen-bond donors (Lipinski definition) is 1. The summed E-state index contributed by atoms with van der Waals surface area (Å²) < 4.78 is 0. The minimum atomic E-state index is -0.0481. The first-order valence-corrected chi connectivity index (χ1v) is 7.21. The molecule has 0 saturated carbocycles. The maximum absolute atomic E-state index is 6.37. The summed E-state index contributed by atoms with van der Waals surface area (Å²) in [7, 11) is 0. The number of aromatic nitrogens is 1. The number of benzene rings is 1. The van der Waals surface area contributed by atoms with Crippen LogP contribution in [0.4, 0.5) is 0 Å². The molecule has 2 aromatic rings. The predicted molar refractivity (Wildman–Crippen MR) is 78.1 cm³/mol. The Morgan fingerprint density at radius 1 is 1.33 bits per heavy atom. The Balaban J connectivity index is 2.30. The van der Waals surface area contributed by atoms with E-state index in [-0.39, 0.29) is 6.04 Å². The highest BCUT2D eigenvalue weighted by Gasteiger charge is 2.15. The zero-order valence-corrected chi connectivity index (χ0v) is 12.1. The van der Waals surface area contributed by atoms with Gasteiger partial charge in [0, 0.05) is 4.88 Å². The minimum absolute atomic E-state index is 0.0481. The first-order chi connectivity index (χ1) is 8.61. The van der Waals surface area contributed by atoms with Gasteiger partial charge in [0.05, 0.1) is 16.7 Å². The Labute approximate surface area is 113 Å². The molecule has 0 saturated heterocycles. The standard InChI is InChI=1S/C15H20N2S/c1-4-6-12-7-5-8-13(9-12)14(16)15-10(2)17-11(3)18-15/h5,7-9,14H,4,6,16H2,1-3H3. The lowest BCUT2D eigenvalue weighted by Gasteiger charge is -2.12. The average molecular weight is 260 g/mol. The molecule has 18 heavy (non-hydrogen) atoms. The van der Waals surface area contributed by atoms with Crippen LogP contribution >= 0.6 is 11.3 Å². The van der Waals surface area contributed by atoms with Gasteiger partial charge in [-0.25, -0.2) is 4.98 Å². The molecule has 0 spiro atoms. The molecule has 1 aromatic heterocycles. The summed E-state index contributed by atoms with van der Waals surface area (Å²) in [6.45, 7) is 6.26. The zero-order chi connectivity index (χ0) is 13.1. The second-order valence-corrected chi connectivity index (χ2v) is 5.89. The lowest BCUT2D eigenvalue weighted by atomic mass is 10.0. The second kappa shape index (κ2) is 5.63. The maximum atomic E-state index is 6.37. The molecule has 0 aliphatic heterocycles. The second-order valence-electron chi connectivity index (χ2n) is 4.66. The minimum Gasteiger partial charge on any atom is -0.320 e. The van der Waals surface area contributed by atoms with Crippen molar-refractivity contribution in [1.82, 2.24) is 4.98 Å². The molecule has 96 valence electrons. The van der Waals surface area contributed by atoms with E-state index in [4.69, 9.17) is 5.73 Å². The van der Waals surface area contributed by atoms with E-state index < -0.39 is 0 Å². The van der Waals surface area contributed by atoms with Crippen molar-refractivity contribution in [2.75, 3.05) is 0 Å². The van der Waals surface area contributed by atoms with Crippen molar-refractivity contribution in [3.63, 3.8) is 0 Å². The summed E-state index contributed by atoms with van der Waals surface area (Å²) in [4.78, 5) is 5.64. The molecule has 1 unspecified atom stereocenters. The van der Waals surface area contributed by atoms with Crippen molar-refractivity contribution in [2.45, 2.75) is 39.7 Å². The van der Waals surface area contributed by atoms with Gasteiger partial charge in [-0.2, -0.15) is 0 Å². The van der Waals surface area contributed by atoms with E-state index in [1.54, 1.807) is 11.3 Å². The van der Waals surface area contributed by atoms with Crippen LogP contribution in [0.5, 0.6) is 0 Å². The van der Waals surface area contributed by atoms with Crippen LogP contribution in [-0.4, -0.2) is 4.98 Å². The molecular formula is C15H20N2S. The first kappa shape index (κ1) is 13.2. The fourth-order valence-electron chi connectivity index (χ4n) is 2.22. The van der Waals surface area contributed by atoms with Gasteiger partial charge in [0.15, 0.2) is 0 Å². The van der Waals surface area contributed by atoms with Crippen LogP contribution in [0.15, 0.2) is 24.3 Å². The predicted octanol–water partition coefficient (Wildman–Crippen LogP) is 3.76. The molecule has 1 atom stereocenters. The highest BCUT2D eigenvalue weighted by atomic mass is 32.1. The van der Waals surface area contributed by atoms with Gasteiger partial charge in [0.2, 0.25) is 0 Å². The van der Waals surface area contributed by atoms with Crippen LogP contribution in [0.3, 0.4) is 0 Å². The molecule has 2 rings (SSSR count). The highest BCUT2D eigenvalue weighted by molar-refractivity contribution is 7.11. The average Bonchev–Trinajstić information content (AvgIpc) is 2.68.